The number of nitrogens with zero attached hydrogens (tertiary/aromatic N) is 1. The predicted octanol–water partition coefficient (Wildman–Crippen LogP) is 1.94. The fraction of sp³-hybridized carbons (Fsp3) is 0.857. The Labute approximate surface area is 110 Å². The molecule has 0 saturated carbocycles. The van der Waals surface area contributed by atoms with E-state index in [2.05, 4.69) is 19.2 Å². The summed E-state index contributed by atoms with van der Waals surface area (Å²) >= 11 is 0. The minimum absolute atomic E-state index is 0.0541. The Morgan fingerprint density at radius 3 is 2.67 bits per heavy atom. The van der Waals surface area contributed by atoms with Gasteiger partial charge >= 0.3 is 0 Å². The van der Waals surface area contributed by atoms with E-state index in [9.17, 15) is 9.59 Å². The third-order valence-corrected chi connectivity index (χ3v) is 3.45. The monoisotopic (exact) mass is 254 g/mol. The minimum atomic E-state index is -0.129. The fourth-order valence-electron chi connectivity index (χ4n) is 2.24. The molecule has 1 saturated heterocycles. The van der Waals surface area contributed by atoms with Crippen molar-refractivity contribution < 1.29 is 9.59 Å². The molecule has 104 valence electrons. The van der Waals surface area contributed by atoms with E-state index in [0.29, 0.717) is 13.0 Å². The zero-order chi connectivity index (χ0) is 13.4. The highest BCUT2D eigenvalue weighted by atomic mass is 16.2. The highest BCUT2D eigenvalue weighted by molar-refractivity contribution is 5.89. The average molecular weight is 254 g/mol. The van der Waals surface area contributed by atoms with Gasteiger partial charge in [0.1, 0.15) is 0 Å². The van der Waals surface area contributed by atoms with E-state index in [-0.39, 0.29) is 17.7 Å². The number of nitrogens with one attached hydrogen (secondary N) is 1. The second-order valence-electron chi connectivity index (χ2n) is 5.09. The first kappa shape index (κ1) is 15.0. The maximum absolute atomic E-state index is 11.9. The van der Waals surface area contributed by atoms with Crippen molar-refractivity contribution in [3.63, 3.8) is 0 Å². The summed E-state index contributed by atoms with van der Waals surface area (Å²) in [6, 6.07) is 0. The molecule has 1 aliphatic heterocycles. The summed E-state index contributed by atoms with van der Waals surface area (Å²) in [5.74, 6) is 0.0617. The van der Waals surface area contributed by atoms with Crippen LogP contribution in [-0.4, -0.2) is 36.3 Å². The SMILES string of the molecule is CCCCCNC(=O)[C@@H]1CC(=O)N(CCCC)C1. The van der Waals surface area contributed by atoms with E-state index in [4.69, 9.17) is 0 Å². The van der Waals surface area contributed by atoms with Crippen LogP contribution in [0.4, 0.5) is 0 Å². The topological polar surface area (TPSA) is 49.4 Å². The Morgan fingerprint density at radius 1 is 1.28 bits per heavy atom. The molecule has 2 amide bonds. The quantitative estimate of drug-likeness (QED) is 0.673. The van der Waals surface area contributed by atoms with Gasteiger partial charge < -0.3 is 10.2 Å². The molecule has 1 atom stereocenters. The van der Waals surface area contributed by atoms with Crippen molar-refractivity contribution in [2.24, 2.45) is 5.92 Å². The summed E-state index contributed by atoms with van der Waals surface area (Å²) in [5.41, 5.74) is 0. The number of carbonyl (C=O) groups excluding carboxylic acids is 2. The van der Waals surface area contributed by atoms with Gasteiger partial charge in [-0.05, 0) is 12.8 Å². The van der Waals surface area contributed by atoms with Gasteiger partial charge in [-0.15, -0.1) is 0 Å². The van der Waals surface area contributed by atoms with Crippen LogP contribution in [-0.2, 0) is 9.59 Å². The lowest BCUT2D eigenvalue weighted by Crippen LogP contribution is -2.33. The smallest absolute Gasteiger partial charge is 0.225 e. The largest absolute Gasteiger partial charge is 0.356 e. The molecule has 0 unspecified atom stereocenters. The lowest BCUT2D eigenvalue weighted by atomic mass is 10.1. The standard InChI is InChI=1S/C14H26N2O2/c1-3-5-7-8-15-14(18)12-10-13(17)16(11-12)9-6-4-2/h12H,3-11H2,1-2H3,(H,15,18)/t12-/m1/s1. The van der Waals surface area contributed by atoms with E-state index in [0.717, 1.165) is 45.2 Å². The van der Waals surface area contributed by atoms with Gasteiger partial charge in [-0.3, -0.25) is 9.59 Å². The van der Waals surface area contributed by atoms with Crippen LogP contribution in [0.2, 0.25) is 0 Å². The van der Waals surface area contributed by atoms with E-state index in [1.54, 1.807) is 0 Å². The molecular weight excluding hydrogens is 228 g/mol. The molecule has 1 aliphatic rings. The Hall–Kier alpha value is -1.06. The van der Waals surface area contributed by atoms with Crippen LogP contribution in [0.15, 0.2) is 0 Å². The van der Waals surface area contributed by atoms with Gasteiger partial charge in [-0.2, -0.15) is 0 Å². The molecule has 0 aromatic carbocycles. The van der Waals surface area contributed by atoms with Crippen LogP contribution < -0.4 is 5.32 Å². The van der Waals surface area contributed by atoms with Crippen molar-refractivity contribution in [3.05, 3.63) is 0 Å². The summed E-state index contributed by atoms with van der Waals surface area (Å²) < 4.78 is 0. The van der Waals surface area contributed by atoms with Crippen molar-refractivity contribution >= 4 is 11.8 Å². The minimum Gasteiger partial charge on any atom is -0.356 e. The van der Waals surface area contributed by atoms with Crippen LogP contribution in [0, 0.1) is 5.92 Å². The number of hydrogen-bond acceptors (Lipinski definition) is 2. The molecule has 0 aromatic rings. The van der Waals surface area contributed by atoms with E-state index in [1.807, 2.05) is 4.90 Å². The van der Waals surface area contributed by atoms with Crippen LogP contribution >= 0.6 is 0 Å². The highest BCUT2D eigenvalue weighted by Crippen LogP contribution is 2.18. The van der Waals surface area contributed by atoms with E-state index < -0.39 is 0 Å². The van der Waals surface area contributed by atoms with Crippen LogP contribution in [0.25, 0.3) is 0 Å². The van der Waals surface area contributed by atoms with Crippen LogP contribution in [0.1, 0.15) is 52.4 Å². The Bertz CT molecular complexity index is 279. The molecule has 0 bridgehead atoms. The Kier molecular flexibility index (Phi) is 6.76. The molecule has 1 heterocycles. The van der Waals surface area contributed by atoms with Crippen LogP contribution in [0.5, 0.6) is 0 Å². The zero-order valence-electron chi connectivity index (χ0n) is 11.7. The number of rotatable bonds is 8. The first-order valence-corrected chi connectivity index (χ1v) is 7.24. The molecule has 4 heteroatoms. The van der Waals surface area contributed by atoms with Crippen molar-refractivity contribution in [1.29, 1.82) is 0 Å². The number of hydrogen-bond donors (Lipinski definition) is 1. The summed E-state index contributed by atoms with van der Waals surface area (Å²) in [5, 5.41) is 2.94. The van der Waals surface area contributed by atoms with Gasteiger partial charge in [0.15, 0.2) is 0 Å². The van der Waals surface area contributed by atoms with Gasteiger partial charge in [0.05, 0.1) is 5.92 Å². The normalized spacial score (nSPS) is 19.3. The Morgan fingerprint density at radius 2 is 2.00 bits per heavy atom. The number of amides is 2. The summed E-state index contributed by atoms with van der Waals surface area (Å²) in [6.07, 6.45) is 5.83. The lowest BCUT2D eigenvalue weighted by molar-refractivity contribution is -0.129. The number of carbonyl (C=O) groups is 2. The van der Waals surface area contributed by atoms with Crippen LogP contribution in [0.3, 0.4) is 0 Å². The zero-order valence-corrected chi connectivity index (χ0v) is 11.7. The fourth-order valence-corrected chi connectivity index (χ4v) is 2.24. The van der Waals surface area contributed by atoms with Crippen molar-refractivity contribution in [1.82, 2.24) is 10.2 Å². The van der Waals surface area contributed by atoms with Crippen molar-refractivity contribution in [2.45, 2.75) is 52.4 Å². The first-order chi connectivity index (χ1) is 8.69. The van der Waals surface area contributed by atoms with Gasteiger partial charge in [0.2, 0.25) is 11.8 Å². The molecule has 0 spiro atoms. The van der Waals surface area contributed by atoms with Gasteiger partial charge in [-0.25, -0.2) is 0 Å². The highest BCUT2D eigenvalue weighted by Gasteiger charge is 2.33. The number of unbranched alkanes of at least 4 members (excludes halogenated alkanes) is 3. The molecular formula is C14H26N2O2. The number of likely N-dealkylation sites (tertiary alicyclic amines) is 1. The molecule has 0 aromatic heterocycles. The van der Waals surface area contributed by atoms with E-state index in [1.165, 1.54) is 0 Å². The van der Waals surface area contributed by atoms with Crippen molar-refractivity contribution in [3.8, 4) is 0 Å². The van der Waals surface area contributed by atoms with Crippen molar-refractivity contribution in [2.75, 3.05) is 19.6 Å². The summed E-state index contributed by atoms with van der Waals surface area (Å²) in [6.45, 7) is 6.40. The average Bonchev–Trinajstić information content (AvgIpc) is 2.73. The molecule has 1 rings (SSSR count). The maximum Gasteiger partial charge on any atom is 0.225 e. The Balaban J connectivity index is 2.26. The molecule has 1 fully saturated rings. The molecule has 0 aliphatic carbocycles. The third kappa shape index (κ3) is 4.67. The second kappa shape index (κ2) is 8.11. The molecule has 4 nitrogen and oxygen atoms in total. The first-order valence-electron chi connectivity index (χ1n) is 7.24. The lowest BCUT2D eigenvalue weighted by Gasteiger charge is -2.15. The maximum atomic E-state index is 11.9. The van der Waals surface area contributed by atoms with Gasteiger partial charge in [-0.1, -0.05) is 33.1 Å². The van der Waals surface area contributed by atoms with Gasteiger partial charge in [0, 0.05) is 26.1 Å². The van der Waals surface area contributed by atoms with E-state index >= 15 is 0 Å². The van der Waals surface area contributed by atoms with Gasteiger partial charge in [0.25, 0.3) is 0 Å². The molecule has 1 N–H and O–H groups in total. The summed E-state index contributed by atoms with van der Waals surface area (Å²) in [7, 11) is 0. The molecule has 18 heavy (non-hydrogen) atoms. The summed E-state index contributed by atoms with van der Waals surface area (Å²) in [4.78, 5) is 25.4. The third-order valence-electron chi connectivity index (χ3n) is 3.45. The molecule has 0 radical (unpaired) electrons. The second-order valence-corrected chi connectivity index (χ2v) is 5.09. The predicted molar refractivity (Wildman–Crippen MR) is 72.1 cm³/mol.